The van der Waals surface area contributed by atoms with Crippen LogP contribution in [0.3, 0.4) is 0 Å². The van der Waals surface area contributed by atoms with Crippen LogP contribution in [0.1, 0.15) is 26.2 Å². The number of fused-ring (bicyclic) bond motifs is 1. The first-order valence-electron chi connectivity index (χ1n) is 13.6. The van der Waals surface area contributed by atoms with Crippen LogP contribution in [0.5, 0.6) is 23.0 Å². The molecule has 4 aromatic rings. The topological polar surface area (TPSA) is 82.1 Å². The lowest BCUT2D eigenvalue weighted by Gasteiger charge is -2.26. The van der Waals surface area contributed by atoms with Gasteiger partial charge >= 0.3 is 5.97 Å². The summed E-state index contributed by atoms with van der Waals surface area (Å²) in [5, 5.41) is 1.45. The van der Waals surface area contributed by atoms with Crippen molar-refractivity contribution in [3.05, 3.63) is 78.6 Å². The molecule has 214 valence electrons. The van der Waals surface area contributed by atoms with Crippen molar-refractivity contribution < 1.29 is 31.8 Å². The van der Waals surface area contributed by atoms with Gasteiger partial charge in [0.2, 0.25) is 0 Å². The van der Waals surface area contributed by atoms with Gasteiger partial charge in [0, 0.05) is 30.7 Å². The summed E-state index contributed by atoms with van der Waals surface area (Å²) in [7, 11) is -3.72. The van der Waals surface area contributed by atoms with E-state index < -0.39 is 21.6 Å². The fourth-order valence-electron chi connectivity index (χ4n) is 5.01. The molecule has 1 saturated heterocycles. The summed E-state index contributed by atoms with van der Waals surface area (Å²) < 4.78 is 56.3. The van der Waals surface area contributed by atoms with Crippen molar-refractivity contribution >= 4 is 26.6 Å². The number of piperidine rings is 1. The number of hydrogen-bond acceptors (Lipinski definition) is 7. The monoisotopic (exact) mass is 577 g/mol. The zero-order valence-corrected chi connectivity index (χ0v) is 23.9. The van der Waals surface area contributed by atoms with Crippen LogP contribution in [-0.4, -0.2) is 51.8 Å². The van der Waals surface area contributed by atoms with Gasteiger partial charge in [0.25, 0.3) is 0 Å². The summed E-state index contributed by atoms with van der Waals surface area (Å²) in [5.74, 6) is 0.835. The number of hydrogen-bond donors (Lipinski definition) is 0. The molecule has 9 heteroatoms. The van der Waals surface area contributed by atoms with E-state index in [4.69, 9.17) is 14.2 Å². The molecule has 0 saturated carbocycles. The highest BCUT2D eigenvalue weighted by atomic mass is 32.2. The fourth-order valence-corrected chi connectivity index (χ4v) is 5.74. The second-order valence-corrected chi connectivity index (χ2v) is 12.1. The third-order valence-electron chi connectivity index (χ3n) is 7.01. The molecule has 0 amide bonds. The van der Waals surface area contributed by atoms with E-state index in [2.05, 4.69) is 4.90 Å². The number of esters is 1. The van der Waals surface area contributed by atoms with Gasteiger partial charge in [-0.1, -0.05) is 18.6 Å². The highest BCUT2D eigenvalue weighted by Gasteiger charge is 2.18. The minimum Gasteiger partial charge on any atom is -0.492 e. The van der Waals surface area contributed by atoms with Crippen LogP contribution in [0.15, 0.2) is 77.7 Å². The van der Waals surface area contributed by atoms with Crippen molar-refractivity contribution in [2.24, 2.45) is 0 Å². The van der Waals surface area contributed by atoms with E-state index in [0.29, 0.717) is 40.4 Å². The van der Waals surface area contributed by atoms with Crippen LogP contribution in [0.25, 0.3) is 21.9 Å². The summed E-state index contributed by atoms with van der Waals surface area (Å²) in [6.07, 6.45) is 4.74. The lowest BCUT2D eigenvalue weighted by Crippen LogP contribution is -2.33. The van der Waals surface area contributed by atoms with Crippen molar-refractivity contribution in [3.63, 3.8) is 0 Å². The molecule has 0 atom stereocenters. The number of rotatable bonds is 9. The number of benzene rings is 4. The predicted molar refractivity (Wildman–Crippen MR) is 156 cm³/mol. The highest BCUT2D eigenvalue weighted by molar-refractivity contribution is 7.90. The summed E-state index contributed by atoms with van der Waals surface area (Å²) in [6.45, 7) is 5.06. The summed E-state index contributed by atoms with van der Waals surface area (Å²) in [4.78, 5) is 13.5. The Balaban J connectivity index is 1.44. The smallest absolute Gasteiger partial charge is 0.308 e. The Hall–Kier alpha value is -3.95. The molecule has 4 aromatic carbocycles. The van der Waals surface area contributed by atoms with Crippen LogP contribution < -0.4 is 14.2 Å². The Morgan fingerprint density at radius 3 is 2.27 bits per heavy atom. The summed E-state index contributed by atoms with van der Waals surface area (Å²) in [6, 6.07) is 20.0. The molecule has 0 N–H and O–H groups in total. The minimum absolute atomic E-state index is 0.369. The van der Waals surface area contributed by atoms with Crippen LogP contribution in [0.4, 0.5) is 4.39 Å². The van der Waals surface area contributed by atoms with E-state index in [9.17, 15) is 17.6 Å². The maximum atomic E-state index is 14.9. The number of ether oxygens (including phenoxy) is 3. The standard InChI is InChI=1S/C32H32FNO6S/c1-22(35)39-27-12-14-29-23(20-27)6-13-28(24-7-15-31(30(33)21-24)41(2,36)37)32(29)40-26-10-8-25(9-11-26)38-19-18-34-16-4-3-5-17-34/h6-15,20-21H,3-5,16-19H2,1-2H3. The number of nitrogens with zero attached hydrogens (tertiary/aromatic N) is 1. The normalized spacial score (nSPS) is 14.1. The van der Waals surface area contributed by atoms with Crippen LogP contribution >= 0.6 is 0 Å². The molecular weight excluding hydrogens is 545 g/mol. The quantitative estimate of drug-likeness (QED) is 0.163. The van der Waals surface area contributed by atoms with E-state index in [1.807, 2.05) is 18.2 Å². The molecule has 7 nitrogen and oxygen atoms in total. The molecule has 0 unspecified atom stereocenters. The van der Waals surface area contributed by atoms with E-state index in [1.165, 1.54) is 38.3 Å². The van der Waals surface area contributed by atoms with Crippen molar-refractivity contribution in [2.45, 2.75) is 31.1 Å². The van der Waals surface area contributed by atoms with Gasteiger partial charge in [-0.2, -0.15) is 0 Å². The van der Waals surface area contributed by atoms with E-state index in [-0.39, 0.29) is 4.90 Å². The Kier molecular flexibility index (Phi) is 8.56. The SMILES string of the molecule is CC(=O)Oc1ccc2c(Oc3ccc(OCCN4CCCCC4)cc3)c(-c3ccc(S(C)(=O)=O)c(F)c3)ccc2c1. The van der Waals surface area contributed by atoms with E-state index in [1.54, 1.807) is 42.5 Å². The number of carbonyl (C=O) groups excluding carboxylic acids is 1. The largest absolute Gasteiger partial charge is 0.492 e. The minimum atomic E-state index is -3.72. The Morgan fingerprint density at radius 1 is 0.878 bits per heavy atom. The molecule has 1 fully saturated rings. The first kappa shape index (κ1) is 28.6. The van der Waals surface area contributed by atoms with Gasteiger partial charge in [-0.05, 0) is 97.5 Å². The van der Waals surface area contributed by atoms with Crippen molar-refractivity contribution in [1.82, 2.24) is 4.90 Å². The first-order valence-corrected chi connectivity index (χ1v) is 15.4. The number of carbonyl (C=O) groups is 1. The van der Waals surface area contributed by atoms with Gasteiger partial charge in [0.05, 0.1) is 0 Å². The predicted octanol–water partition coefficient (Wildman–Crippen LogP) is 6.63. The van der Waals surface area contributed by atoms with E-state index in [0.717, 1.165) is 37.0 Å². The number of sulfone groups is 1. The molecule has 1 heterocycles. The Labute approximate surface area is 239 Å². The van der Waals surface area contributed by atoms with Gasteiger partial charge in [0.1, 0.15) is 40.3 Å². The molecule has 1 aliphatic heterocycles. The van der Waals surface area contributed by atoms with E-state index >= 15 is 0 Å². The Bertz CT molecular complexity index is 1660. The molecule has 0 bridgehead atoms. The van der Waals surface area contributed by atoms with Gasteiger partial charge in [-0.25, -0.2) is 12.8 Å². The van der Waals surface area contributed by atoms with Crippen LogP contribution in [0, 0.1) is 5.82 Å². The van der Waals surface area contributed by atoms with Crippen LogP contribution in [0.2, 0.25) is 0 Å². The molecule has 0 radical (unpaired) electrons. The Morgan fingerprint density at radius 2 is 1.59 bits per heavy atom. The lowest BCUT2D eigenvalue weighted by molar-refractivity contribution is -0.131. The number of likely N-dealkylation sites (tertiary alicyclic amines) is 1. The van der Waals surface area contributed by atoms with Gasteiger partial charge < -0.3 is 14.2 Å². The summed E-state index contributed by atoms with van der Waals surface area (Å²) >= 11 is 0. The van der Waals surface area contributed by atoms with Gasteiger partial charge in [-0.15, -0.1) is 0 Å². The third-order valence-corrected chi connectivity index (χ3v) is 8.14. The zero-order chi connectivity index (χ0) is 29.0. The van der Waals surface area contributed by atoms with Crippen LogP contribution in [-0.2, 0) is 14.6 Å². The average molecular weight is 578 g/mol. The molecular formula is C32H32FNO6S. The second kappa shape index (κ2) is 12.3. The van der Waals surface area contributed by atoms with Crippen molar-refractivity contribution in [2.75, 3.05) is 32.5 Å². The average Bonchev–Trinajstić information content (AvgIpc) is 2.93. The second-order valence-electron chi connectivity index (χ2n) is 10.2. The van der Waals surface area contributed by atoms with Gasteiger partial charge in [-0.3, -0.25) is 9.69 Å². The third kappa shape index (κ3) is 7.04. The van der Waals surface area contributed by atoms with Gasteiger partial charge in [0.15, 0.2) is 9.84 Å². The lowest BCUT2D eigenvalue weighted by atomic mass is 9.99. The highest BCUT2D eigenvalue weighted by Crippen LogP contribution is 2.41. The van der Waals surface area contributed by atoms with Crippen molar-refractivity contribution in [1.29, 1.82) is 0 Å². The molecule has 0 spiro atoms. The van der Waals surface area contributed by atoms with Crippen molar-refractivity contribution in [3.8, 4) is 34.1 Å². The molecule has 1 aliphatic rings. The molecule has 0 aromatic heterocycles. The summed E-state index contributed by atoms with van der Waals surface area (Å²) in [5.41, 5.74) is 1.02. The molecule has 5 rings (SSSR count). The maximum Gasteiger partial charge on any atom is 0.308 e. The zero-order valence-electron chi connectivity index (χ0n) is 23.1. The molecule has 0 aliphatic carbocycles. The first-order chi connectivity index (χ1) is 19.7. The molecule has 41 heavy (non-hydrogen) atoms. The number of halogens is 1. The maximum absolute atomic E-state index is 14.9. The fraction of sp³-hybridized carbons (Fsp3) is 0.281.